The van der Waals surface area contributed by atoms with Gasteiger partial charge in [-0.2, -0.15) is 0 Å². The second kappa shape index (κ2) is 6.67. The molecule has 1 aromatic rings. The fourth-order valence-electron chi connectivity index (χ4n) is 3.24. The van der Waals surface area contributed by atoms with Crippen LogP contribution < -0.4 is 11.1 Å². The highest BCUT2D eigenvalue weighted by Gasteiger charge is 2.34. The standard InChI is InChI=1S/C17H25N3O2/c1-21-17(9-10-22-12-17)11-19-16(18)20-15-8-4-6-13-5-2-3-7-14(13)15/h4,6,8H,2-3,5,7,9-12H2,1H3,(H3,18,19,20). The van der Waals surface area contributed by atoms with Gasteiger partial charge >= 0.3 is 0 Å². The lowest BCUT2D eigenvalue weighted by molar-refractivity contribution is -0.00900. The predicted molar refractivity (Wildman–Crippen MR) is 88.4 cm³/mol. The third kappa shape index (κ3) is 3.25. The van der Waals surface area contributed by atoms with Gasteiger partial charge in [0.05, 0.1) is 13.2 Å². The summed E-state index contributed by atoms with van der Waals surface area (Å²) in [6.45, 7) is 1.83. The summed E-state index contributed by atoms with van der Waals surface area (Å²) in [7, 11) is 1.71. The van der Waals surface area contributed by atoms with Crippen molar-refractivity contribution in [3.63, 3.8) is 0 Å². The molecule has 5 heteroatoms. The van der Waals surface area contributed by atoms with Gasteiger partial charge in [0.15, 0.2) is 5.96 Å². The minimum Gasteiger partial charge on any atom is -0.378 e. The molecule has 3 rings (SSSR count). The van der Waals surface area contributed by atoms with Gasteiger partial charge in [0.1, 0.15) is 5.60 Å². The second-order valence-corrected chi connectivity index (χ2v) is 6.17. The number of anilines is 1. The Labute approximate surface area is 131 Å². The number of nitrogens with one attached hydrogen (secondary N) is 1. The Morgan fingerprint density at radius 3 is 3.05 bits per heavy atom. The van der Waals surface area contributed by atoms with Crippen LogP contribution in [0.1, 0.15) is 30.4 Å². The van der Waals surface area contributed by atoms with Crippen LogP contribution in [0.2, 0.25) is 0 Å². The number of guanidine groups is 1. The third-order valence-corrected chi connectivity index (χ3v) is 4.70. The van der Waals surface area contributed by atoms with Gasteiger partial charge < -0.3 is 20.5 Å². The lowest BCUT2D eigenvalue weighted by atomic mass is 9.90. The molecule has 120 valence electrons. The van der Waals surface area contributed by atoms with E-state index in [9.17, 15) is 0 Å². The predicted octanol–water partition coefficient (Wildman–Crippen LogP) is 2.10. The molecule has 0 radical (unpaired) electrons. The summed E-state index contributed by atoms with van der Waals surface area (Å²) in [5.41, 5.74) is 9.67. The van der Waals surface area contributed by atoms with Crippen molar-refractivity contribution >= 4 is 11.6 Å². The average molecular weight is 303 g/mol. The first-order valence-electron chi connectivity index (χ1n) is 8.03. The number of hydrogen-bond acceptors (Lipinski definition) is 3. The van der Waals surface area contributed by atoms with Crippen molar-refractivity contribution < 1.29 is 9.47 Å². The first kappa shape index (κ1) is 15.3. The van der Waals surface area contributed by atoms with Crippen molar-refractivity contribution in [3.8, 4) is 0 Å². The van der Waals surface area contributed by atoms with E-state index in [0.29, 0.717) is 19.1 Å². The molecular weight excluding hydrogens is 278 g/mol. The number of benzene rings is 1. The maximum atomic E-state index is 6.07. The monoisotopic (exact) mass is 303 g/mol. The first-order valence-corrected chi connectivity index (χ1v) is 8.03. The normalized spacial score (nSPS) is 25.0. The molecule has 1 unspecified atom stereocenters. The zero-order valence-electron chi connectivity index (χ0n) is 13.2. The van der Waals surface area contributed by atoms with Crippen LogP contribution in [-0.2, 0) is 22.3 Å². The van der Waals surface area contributed by atoms with E-state index in [2.05, 4.69) is 28.5 Å². The number of aryl methyl sites for hydroxylation is 1. The molecule has 1 atom stereocenters. The van der Waals surface area contributed by atoms with Crippen LogP contribution in [0.3, 0.4) is 0 Å². The van der Waals surface area contributed by atoms with Crippen LogP contribution in [0.5, 0.6) is 0 Å². The van der Waals surface area contributed by atoms with Gasteiger partial charge in [0.25, 0.3) is 0 Å². The van der Waals surface area contributed by atoms with Crippen LogP contribution in [0, 0.1) is 0 Å². The lowest BCUT2D eigenvalue weighted by Crippen LogP contribution is -2.37. The molecule has 3 N–H and O–H groups in total. The van der Waals surface area contributed by atoms with Gasteiger partial charge in [-0.25, -0.2) is 0 Å². The number of fused-ring (bicyclic) bond motifs is 1. The minimum atomic E-state index is -0.317. The Kier molecular flexibility index (Phi) is 4.64. The Hall–Kier alpha value is -1.59. The Morgan fingerprint density at radius 1 is 1.41 bits per heavy atom. The van der Waals surface area contributed by atoms with E-state index >= 15 is 0 Å². The molecule has 0 aromatic heterocycles. The maximum Gasteiger partial charge on any atom is 0.193 e. The molecule has 22 heavy (non-hydrogen) atoms. The van der Waals surface area contributed by atoms with E-state index in [-0.39, 0.29) is 5.60 Å². The summed E-state index contributed by atoms with van der Waals surface area (Å²) in [6.07, 6.45) is 5.65. The molecule has 1 aliphatic carbocycles. The molecule has 0 amide bonds. The number of nitrogens with two attached hydrogens (primary N) is 1. The minimum absolute atomic E-state index is 0.317. The van der Waals surface area contributed by atoms with E-state index in [4.69, 9.17) is 15.2 Å². The summed E-state index contributed by atoms with van der Waals surface area (Å²) in [5, 5.41) is 3.27. The largest absolute Gasteiger partial charge is 0.378 e. The van der Waals surface area contributed by atoms with Gasteiger partial charge in [0.2, 0.25) is 0 Å². The van der Waals surface area contributed by atoms with E-state index in [1.54, 1.807) is 7.11 Å². The van der Waals surface area contributed by atoms with Crippen LogP contribution >= 0.6 is 0 Å². The highest BCUT2D eigenvalue weighted by molar-refractivity contribution is 5.93. The molecule has 0 saturated carbocycles. The average Bonchev–Trinajstić information content (AvgIpc) is 3.03. The first-order chi connectivity index (χ1) is 10.7. The number of rotatable bonds is 4. The quantitative estimate of drug-likeness (QED) is 0.660. The van der Waals surface area contributed by atoms with Gasteiger partial charge in [-0.15, -0.1) is 0 Å². The Bertz CT molecular complexity index is 551. The highest BCUT2D eigenvalue weighted by Crippen LogP contribution is 2.28. The molecule has 5 nitrogen and oxygen atoms in total. The molecular formula is C17H25N3O2. The van der Waals surface area contributed by atoms with Gasteiger partial charge in [-0.3, -0.25) is 4.99 Å². The van der Waals surface area contributed by atoms with Crippen LogP contribution in [0.15, 0.2) is 23.2 Å². The smallest absolute Gasteiger partial charge is 0.193 e. The topological polar surface area (TPSA) is 68.9 Å². The number of nitrogens with zero attached hydrogens (tertiary/aromatic N) is 1. The van der Waals surface area contributed by atoms with Crippen molar-refractivity contribution in [2.75, 3.05) is 32.2 Å². The lowest BCUT2D eigenvalue weighted by Gasteiger charge is -2.24. The van der Waals surface area contributed by atoms with Gasteiger partial charge in [-0.1, -0.05) is 12.1 Å². The van der Waals surface area contributed by atoms with E-state index in [1.807, 2.05) is 0 Å². The summed E-state index contributed by atoms with van der Waals surface area (Å²) in [5.74, 6) is 0.447. The molecule has 1 aliphatic heterocycles. The van der Waals surface area contributed by atoms with Crippen molar-refractivity contribution in [2.24, 2.45) is 10.7 Å². The third-order valence-electron chi connectivity index (χ3n) is 4.70. The SMILES string of the molecule is COC1(CN=C(N)Nc2cccc3c2CCCC3)CCOC1. The molecule has 1 saturated heterocycles. The zero-order chi connectivity index (χ0) is 15.4. The number of aliphatic imine (C=N–C) groups is 1. The van der Waals surface area contributed by atoms with E-state index in [1.165, 1.54) is 24.0 Å². The highest BCUT2D eigenvalue weighted by atomic mass is 16.5. The fraction of sp³-hybridized carbons (Fsp3) is 0.588. The molecule has 0 spiro atoms. The van der Waals surface area contributed by atoms with E-state index in [0.717, 1.165) is 31.6 Å². The van der Waals surface area contributed by atoms with E-state index < -0.39 is 0 Å². The van der Waals surface area contributed by atoms with Gasteiger partial charge in [0, 0.05) is 25.8 Å². The zero-order valence-corrected chi connectivity index (χ0v) is 13.2. The number of methoxy groups -OCH3 is 1. The van der Waals surface area contributed by atoms with Crippen LogP contribution in [-0.4, -0.2) is 38.4 Å². The Morgan fingerprint density at radius 2 is 2.27 bits per heavy atom. The second-order valence-electron chi connectivity index (χ2n) is 6.17. The summed E-state index contributed by atoms with van der Waals surface area (Å²) < 4.78 is 11.0. The molecule has 2 aliphatic rings. The van der Waals surface area contributed by atoms with Gasteiger partial charge in [-0.05, 0) is 42.9 Å². The maximum absolute atomic E-state index is 6.07. The van der Waals surface area contributed by atoms with Crippen molar-refractivity contribution in [3.05, 3.63) is 29.3 Å². The summed E-state index contributed by atoms with van der Waals surface area (Å²) >= 11 is 0. The van der Waals surface area contributed by atoms with Crippen LogP contribution in [0.4, 0.5) is 5.69 Å². The van der Waals surface area contributed by atoms with Crippen molar-refractivity contribution in [1.29, 1.82) is 0 Å². The molecule has 1 fully saturated rings. The fourth-order valence-corrected chi connectivity index (χ4v) is 3.24. The summed E-state index contributed by atoms with van der Waals surface area (Å²) in [4.78, 5) is 4.47. The summed E-state index contributed by atoms with van der Waals surface area (Å²) in [6, 6.07) is 6.38. The number of ether oxygens (including phenoxy) is 2. The van der Waals surface area contributed by atoms with Crippen LogP contribution in [0.25, 0.3) is 0 Å². The Balaban J connectivity index is 1.69. The molecule has 1 heterocycles. The number of hydrogen-bond donors (Lipinski definition) is 2. The molecule has 1 aromatic carbocycles. The van der Waals surface area contributed by atoms with Crippen molar-refractivity contribution in [1.82, 2.24) is 0 Å². The van der Waals surface area contributed by atoms with Crippen molar-refractivity contribution in [2.45, 2.75) is 37.7 Å². The molecule has 0 bridgehead atoms.